The van der Waals surface area contributed by atoms with Gasteiger partial charge in [-0.25, -0.2) is 0 Å². The van der Waals surface area contributed by atoms with Crippen molar-refractivity contribution >= 4 is 5.96 Å². The molecule has 0 spiro atoms. The Labute approximate surface area is 173 Å². The lowest BCUT2D eigenvalue weighted by Crippen LogP contribution is -2.47. The number of piperidine rings is 1. The molecule has 1 saturated heterocycles. The summed E-state index contributed by atoms with van der Waals surface area (Å²) in [6.07, 6.45) is 12.4. The average molecular weight is 400 g/mol. The van der Waals surface area contributed by atoms with E-state index < -0.39 is 0 Å². The Morgan fingerprint density at radius 3 is 2.36 bits per heavy atom. The van der Waals surface area contributed by atoms with Crippen LogP contribution in [0.25, 0.3) is 0 Å². The number of methoxy groups -OCH3 is 1. The van der Waals surface area contributed by atoms with Gasteiger partial charge >= 0.3 is 0 Å². The number of likely N-dealkylation sites (tertiary alicyclic amines) is 1. The summed E-state index contributed by atoms with van der Waals surface area (Å²) < 4.78 is 16.8. The molecule has 1 fully saturated rings. The Balaban J connectivity index is 1.99. The van der Waals surface area contributed by atoms with Crippen molar-refractivity contribution in [3.05, 3.63) is 0 Å². The third-order valence-corrected chi connectivity index (χ3v) is 5.19. The van der Waals surface area contributed by atoms with Gasteiger partial charge in [0, 0.05) is 60.2 Å². The largest absolute Gasteiger partial charge is 0.385 e. The van der Waals surface area contributed by atoms with Crippen LogP contribution < -0.4 is 5.32 Å². The predicted molar refractivity (Wildman–Crippen MR) is 117 cm³/mol. The lowest BCUT2D eigenvalue weighted by molar-refractivity contribution is 0.00990. The summed E-state index contributed by atoms with van der Waals surface area (Å²) in [7, 11) is 3.60. The highest BCUT2D eigenvalue weighted by atomic mass is 16.5. The molecule has 0 aromatic rings. The Morgan fingerprint density at radius 1 is 0.929 bits per heavy atom. The zero-order valence-electron chi connectivity index (χ0n) is 18.7. The van der Waals surface area contributed by atoms with E-state index in [0.29, 0.717) is 6.10 Å². The molecule has 0 aromatic heterocycles. The van der Waals surface area contributed by atoms with Crippen LogP contribution >= 0.6 is 0 Å². The second-order valence-electron chi connectivity index (χ2n) is 7.61. The van der Waals surface area contributed by atoms with Crippen molar-refractivity contribution < 1.29 is 14.2 Å². The van der Waals surface area contributed by atoms with E-state index in [1.165, 1.54) is 38.5 Å². The molecule has 6 nitrogen and oxygen atoms in total. The first-order valence-electron chi connectivity index (χ1n) is 11.5. The summed E-state index contributed by atoms with van der Waals surface area (Å²) in [6, 6.07) is 0. The molecule has 0 aromatic carbocycles. The maximum Gasteiger partial charge on any atom is 0.193 e. The van der Waals surface area contributed by atoms with Gasteiger partial charge in [0.05, 0.1) is 6.10 Å². The second-order valence-corrected chi connectivity index (χ2v) is 7.61. The molecule has 1 aliphatic rings. The summed E-state index contributed by atoms with van der Waals surface area (Å²) in [4.78, 5) is 6.78. The number of rotatable bonds is 16. The average Bonchev–Trinajstić information content (AvgIpc) is 2.73. The molecule has 0 aliphatic carbocycles. The minimum absolute atomic E-state index is 0.376. The highest BCUT2D eigenvalue weighted by Crippen LogP contribution is 2.14. The van der Waals surface area contributed by atoms with Gasteiger partial charge in [0.15, 0.2) is 5.96 Å². The van der Waals surface area contributed by atoms with Gasteiger partial charge in [0.2, 0.25) is 0 Å². The lowest BCUT2D eigenvalue weighted by atomic mass is 10.1. The van der Waals surface area contributed by atoms with Crippen LogP contribution in [0.4, 0.5) is 0 Å². The Morgan fingerprint density at radius 2 is 1.64 bits per heavy atom. The van der Waals surface area contributed by atoms with Crippen LogP contribution in [-0.4, -0.2) is 77.2 Å². The number of hydrogen-bond donors (Lipinski definition) is 1. The topological polar surface area (TPSA) is 55.3 Å². The van der Waals surface area contributed by atoms with E-state index in [-0.39, 0.29) is 0 Å². The van der Waals surface area contributed by atoms with Gasteiger partial charge in [0.1, 0.15) is 0 Å². The standard InChI is InChI=1S/C22H45N3O3/c1-4-5-6-7-8-9-18-27-19-10-14-24-22(23-2)25-15-12-21(13-16-25)28-20-11-17-26-3/h21H,4-20H2,1-3H3,(H,23,24). The molecule has 0 radical (unpaired) electrons. The number of hydrogen-bond acceptors (Lipinski definition) is 4. The summed E-state index contributed by atoms with van der Waals surface area (Å²) in [5, 5.41) is 3.48. The van der Waals surface area contributed by atoms with Crippen molar-refractivity contribution in [3.8, 4) is 0 Å². The number of aliphatic imine (C=N–C) groups is 1. The Bertz CT molecular complexity index is 372. The third kappa shape index (κ3) is 12.6. The highest BCUT2D eigenvalue weighted by Gasteiger charge is 2.21. The van der Waals surface area contributed by atoms with Crippen molar-refractivity contribution in [1.82, 2.24) is 10.2 Å². The molecule has 0 saturated carbocycles. The van der Waals surface area contributed by atoms with E-state index in [4.69, 9.17) is 14.2 Å². The zero-order chi connectivity index (χ0) is 20.3. The zero-order valence-corrected chi connectivity index (χ0v) is 18.7. The maximum atomic E-state index is 5.94. The van der Waals surface area contributed by atoms with Crippen LogP contribution in [0, 0.1) is 0 Å². The van der Waals surface area contributed by atoms with Crippen LogP contribution in [0.1, 0.15) is 71.1 Å². The van der Waals surface area contributed by atoms with Gasteiger partial charge in [-0.15, -0.1) is 0 Å². The fourth-order valence-electron chi connectivity index (χ4n) is 3.48. The molecule has 166 valence electrons. The first-order chi connectivity index (χ1) is 13.8. The van der Waals surface area contributed by atoms with Crippen molar-refractivity contribution in [3.63, 3.8) is 0 Å². The van der Waals surface area contributed by atoms with Gasteiger partial charge in [-0.3, -0.25) is 4.99 Å². The number of nitrogens with zero attached hydrogens (tertiary/aromatic N) is 2. The van der Waals surface area contributed by atoms with E-state index >= 15 is 0 Å². The van der Waals surface area contributed by atoms with Gasteiger partial charge in [-0.2, -0.15) is 0 Å². The normalized spacial score (nSPS) is 16.0. The molecular formula is C22H45N3O3. The van der Waals surface area contributed by atoms with Crippen molar-refractivity contribution in [2.75, 3.05) is 60.2 Å². The molecule has 1 N–H and O–H groups in total. The van der Waals surface area contributed by atoms with Gasteiger partial charge in [-0.05, 0) is 32.1 Å². The van der Waals surface area contributed by atoms with Crippen LogP contribution in [0.3, 0.4) is 0 Å². The van der Waals surface area contributed by atoms with E-state index in [2.05, 4.69) is 22.1 Å². The quantitative estimate of drug-likeness (QED) is 0.243. The van der Waals surface area contributed by atoms with E-state index in [0.717, 1.165) is 77.7 Å². The number of ether oxygens (including phenoxy) is 3. The lowest BCUT2D eigenvalue weighted by Gasteiger charge is -2.34. The number of nitrogens with one attached hydrogen (secondary N) is 1. The van der Waals surface area contributed by atoms with Crippen LogP contribution in [0.5, 0.6) is 0 Å². The van der Waals surface area contributed by atoms with Crippen LogP contribution in [-0.2, 0) is 14.2 Å². The second kappa shape index (κ2) is 18.2. The summed E-state index contributed by atoms with van der Waals surface area (Å²) in [6.45, 7) is 8.48. The van der Waals surface area contributed by atoms with Gasteiger partial charge in [0.25, 0.3) is 0 Å². The van der Waals surface area contributed by atoms with Crippen molar-refractivity contribution in [2.45, 2.75) is 77.2 Å². The maximum absolute atomic E-state index is 5.94. The first-order valence-corrected chi connectivity index (χ1v) is 11.5. The van der Waals surface area contributed by atoms with Gasteiger partial charge < -0.3 is 24.4 Å². The van der Waals surface area contributed by atoms with Crippen molar-refractivity contribution in [2.24, 2.45) is 4.99 Å². The highest BCUT2D eigenvalue weighted by molar-refractivity contribution is 5.79. The Hall–Kier alpha value is -0.850. The fraction of sp³-hybridized carbons (Fsp3) is 0.955. The molecule has 0 atom stereocenters. The van der Waals surface area contributed by atoms with Crippen LogP contribution in [0.2, 0.25) is 0 Å². The SMILES string of the molecule is CCCCCCCCOCCCNC(=NC)N1CCC(OCCCOC)CC1. The minimum atomic E-state index is 0.376. The van der Waals surface area contributed by atoms with Crippen LogP contribution in [0.15, 0.2) is 4.99 Å². The van der Waals surface area contributed by atoms with E-state index in [9.17, 15) is 0 Å². The predicted octanol–water partition coefficient (Wildman–Crippen LogP) is 3.85. The molecule has 28 heavy (non-hydrogen) atoms. The first kappa shape index (κ1) is 25.2. The molecule has 1 heterocycles. The van der Waals surface area contributed by atoms with Crippen molar-refractivity contribution in [1.29, 1.82) is 0 Å². The Kier molecular flexibility index (Phi) is 16.4. The number of unbranched alkanes of at least 4 members (excludes halogenated alkanes) is 5. The van der Waals surface area contributed by atoms with E-state index in [1.54, 1.807) is 7.11 Å². The third-order valence-electron chi connectivity index (χ3n) is 5.19. The molecule has 0 unspecified atom stereocenters. The molecule has 1 rings (SSSR count). The molecule has 6 heteroatoms. The summed E-state index contributed by atoms with van der Waals surface area (Å²) >= 11 is 0. The molecular weight excluding hydrogens is 354 g/mol. The summed E-state index contributed by atoms with van der Waals surface area (Å²) in [5.74, 6) is 1.01. The van der Waals surface area contributed by atoms with E-state index in [1.807, 2.05) is 7.05 Å². The monoisotopic (exact) mass is 399 g/mol. The number of guanidine groups is 1. The summed E-state index contributed by atoms with van der Waals surface area (Å²) in [5.41, 5.74) is 0. The minimum Gasteiger partial charge on any atom is -0.385 e. The van der Waals surface area contributed by atoms with Gasteiger partial charge in [-0.1, -0.05) is 39.0 Å². The molecule has 1 aliphatic heterocycles. The fourth-order valence-corrected chi connectivity index (χ4v) is 3.48. The molecule has 0 bridgehead atoms. The smallest absolute Gasteiger partial charge is 0.193 e. The molecule has 0 amide bonds.